The van der Waals surface area contributed by atoms with E-state index in [-0.39, 0.29) is 5.79 Å². The molecule has 0 radical (unpaired) electrons. The first-order chi connectivity index (χ1) is 9.83. The molecule has 1 atom stereocenters. The van der Waals surface area contributed by atoms with Crippen molar-refractivity contribution in [1.29, 1.82) is 0 Å². The number of hydrogen-bond acceptors (Lipinski definition) is 5. The minimum Gasteiger partial charge on any atom is -0.347 e. The lowest BCUT2D eigenvalue weighted by atomic mass is 10.1. The summed E-state index contributed by atoms with van der Waals surface area (Å²) in [5.74, 6) is -0.190. The molecule has 0 aromatic heterocycles. The Morgan fingerprint density at radius 2 is 1.80 bits per heavy atom. The lowest BCUT2D eigenvalue weighted by Crippen LogP contribution is -2.62. The Morgan fingerprint density at radius 3 is 2.45 bits per heavy atom. The summed E-state index contributed by atoms with van der Waals surface area (Å²) in [5.41, 5.74) is 0. The van der Waals surface area contributed by atoms with Crippen molar-refractivity contribution in [3.63, 3.8) is 0 Å². The zero-order valence-electron chi connectivity index (χ0n) is 12.4. The van der Waals surface area contributed by atoms with Gasteiger partial charge in [0, 0.05) is 64.7 Å². The lowest BCUT2D eigenvalue weighted by Gasteiger charge is -2.43. The summed E-state index contributed by atoms with van der Waals surface area (Å²) in [6.07, 6.45) is 5.03. The van der Waals surface area contributed by atoms with Gasteiger partial charge in [0.15, 0.2) is 5.79 Å². The van der Waals surface area contributed by atoms with Crippen LogP contribution in [0.1, 0.15) is 25.7 Å². The fourth-order valence-corrected chi connectivity index (χ4v) is 4.01. The van der Waals surface area contributed by atoms with E-state index in [2.05, 4.69) is 15.1 Å². The topological polar surface area (TPSA) is 37.0 Å². The average molecular weight is 281 g/mol. The molecule has 4 fully saturated rings. The minimum absolute atomic E-state index is 0.190. The van der Waals surface area contributed by atoms with Crippen LogP contribution in [0.4, 0.5) is 0 Å². The zero-order chi connectivity index (χ0) is 13.4. The molecule has 0 amide bonds. The molecule has 4 rings (SSSR count). The number of hydrogen-bond donors (Lipinski definition) is 1. The molecule has 0 aromatic rings. The van der Waals surface area contributed by atoms with Crippen molar-refractivity contribution in [3.05, 3.63) is 0 Å². The van der Waals surface area contributed by atoms with Gasteiger partial charge in [0.2, 0.25) is 0 Å². The van der Waals surface area contributed by atoms with E-state index < -0.39 is 0 Å². The van der Waals surface area contributed by atoms with Gasteiger partial charge in [-0.15, -0.1) is 0 Å². The highest BCUT2D eigenvalue weighted by molar-refractivity contribution is 4.89. The van der Waals surface area contributed by atoms with Crippen LogP contribution in [0.5, 0.6) is 0 Å². The van der Waals surface area contributed by atoms with Crippen LogP contribution < -0.4 is 5.32 Å². The van der Waals surface area contributed by atoms with Gasteiger partial charge in [0.25, 0.3) is 0 Å². The molecule has 5 heteroatoms. The Labute approximate surface area is 121 Å². The molecular weight excluding hydrogens is 254 g/mol. The fourth-order valence-electron chi connectivity index (χ4n) is 4.01. The highest BCUT2D eigenvalue weighted by Crippen LogP contribution is 2.39. The van der Waals surface area contributed by atoms with Crippen molar-refractivity contribution in [1.82, 2.24) is 15.1 Å². The average Bonchev–Trinajstić information content (AvgIpc) is 3.01. The van der Waals surface area contributed by atoms with Gasteiger partial charge in [-0.25, -0.2) is 0 Å². The van der Waals surface area contributed by atoms with Crippen molar-refractivity contribution in [2.24, 2.45) is 0 Å². The zero-order valence-corrected chi connectivity index (χ0v) is 12.4. The van der Waals surface area contributed by atoms with Gasteiger partial charge in [-0.2, -0.15) is 0 Å². The minimum atomic E-state index is -0.190. The Morgan fingerprint density at radius 1 is 1.05 bits per heavy atom. The number of rotatable bonds is 3. The number of nitrogens with one attached hydrogen (secondary N) is 1. The maximum absolute atomic E-state index is 6.23. The molecule has 0 bridgehead atoms. The second-order valence-electron chi connectivity index (χ2n) is 6.82. The van der Waals surface area contributed by atoms with E-state index in [0.717, 1.165) is 32.0 Å². The van der Waals surface area contributed by atoms with Gasteiger partial charge in [0.05, 0.1) is 12.7 Å². The SMILES string of the molecule is C1CCC2(C1)OCC(CN1CCN(C3CNC3)CC1)O2. The molecule has 3 aliphatic heterocycles. The second-order valence-corrected chi connectivity index (χ2v) is 6.82. The van der Waals surface area contributed by atoms with Gasteiger partial charge in [-0.3, -0.25) is 9.80 Å². The van der Waals surface area contributed by atoms with E-state index in [1.54, 1.807) is 0 Å². The van der Waals surface area contributed by atoms with Crippen molar-refractivity contribution < 1.29 is 9.47 Å². The van der Waals surface area contributed by atoms with Crippen LogP contribution in [-0.2, 0) is 9.47 Å². The highest BCUT2D eigenvalue weighted by Gasteiger charge is 2.44. The predicted molar refractivity (Wildman–Crippen MR) is 76.7 cm³/mol. The molecule has 114 valence electrons. The third-order valence-corrected chi connectivity index (χ3v) is 5.42. The van der Waals surface area contributed by atoms with Crippen LogP contribution in [0.15, 0.2) is 0 Å². The fraction of sp³-hybridized carbons (Fsp3) is 1.00. The smallest absolute Gasteiger partial charge is 0.168 e. The molecule has 5 nitrogen and oxygen atoms in total. The largest absolute Gasteiger partial charge is 0.347 e. The summed E-state index contributed by atoms with van der Waals surface area (Å²) >= 11 is 0. The Kier molecular flexibility index (Phi) is 3.73. The maximum atomic E-state index is 6.23. The van der Waals surface area contributed by atoms with Crippen molar-refractivity contribution in [3.8, 4) is 0 Å². The van der Waals surface area contributed by atoms with E-state index in [1.165, 1.54) is 52.1 Å². The van der Waals surface area contributed by atoms with Crippen LogP contribution in [0, 0.1) is 0 Å². The molecule has 0 aromatic carbocycles. The summed E-state index contributed by atoms with van der Waals surface area (Å²) in [4.78, 5) is 5.20. The van der Waals surface area contributed by atoms with E-state index >= 15 is 0 Å². The summed E-state index contributed by atoms with van der Waals surface area (Å²) in [6.45, 7) is 9.01. The Bertz CT molecular complexity index is 334. The molecule has 1 saturated carbocycles. The molecule has 1 aliphatic carbocycles. The normalized spacial score (nSPS) is 35.7. The predicted octanol–water partition coefficient (Wildman–Crippen LogP) is 0.262. The van der Waals surface area contributed by atoms with Gasteiger partial charge in [0.1, 0.15) is 0 Å². The van der Waals surface area contributed by atoms with Crippen molar-refractivity contribution in [2.75, 3.05) is 52.4 Å². The highest BCUT2D eigenvalue weighted by atomic mass is 16.7. The monoisotopic (exact) mass is 281 g/mol. The Hall–Kier alpha value is -0.200. The van der Waals surface area contributed by atoms with Crippen LogP contribution in [0.25, 0.3) is 0 Å². The number of piperazine rings is 1. The summed E-state index contributed by atoms with van der Waals surface area (Å²) in [5, 5.41) is 3.36. The molecule has 1 unspecified atom stereocenters. The van der Waals surface area contributed by atoms with Gasteiger partial charge in [-0.05, 0) is 12.8 Å². The van der Waals surface area contributed by atoms with Crippen LogP contribution in [0.2, 0.25) is 0 Å². The molecular formula is C15H27N3O2. The third kappa shape index (κ3) is 2.62. The molecule has 1 N–H and O–H groups in total. The number of nitrogens with zero attached hydrogens (tertiary/aromatic N) is 2. The Balaban J connectivity index is 1.22. The van der Waals surface area contributed by atoms with Crippen molar-refractivity contribution in [2.45, 2.75) is 43.6 Å². The lowest BCUT2D eigenvalue weighted by molar-refractivity contribution is -0.163. The standard InChI is InChI=1S/C15H27N3O2/c1-2-4-15(3-1)19-12-14(20-15)11-17-5-7-18(8-6-17)13-9-16-10-13/h13-14,16H,1-12H2. The van der Waals surface area contributed by atoms with E-state index in [4.69, 9.17) is 9.47 Å². The van der Waals surface area contributed by atoms with E-state index in [1.807, 2.05) is 0 Å². The summed E-state index contributed by atoms with van der Waals surface area (Å²) in [6, 6.07) is 0.796. The quantitative estimate of drug-likeness (QED) is 0.803. The first-order valence-electron chi connectivity index (χ1n) is 8.32. The summed E-state index contributed by atoms with van der Waals surface area (Å²) < 4.78 is 12.2. The molecule has 3 saturated heterocycles. The van der Waals surface area contributed by atoms with Gasteiger partial charge in [-0.1, -0.05) is 0 Å². The first-order valence-corrected chi connectivity index (χ1v) is 8.32. The molecule has 3 heterocycles. The second kappa shape index (κ2) is 5.54. The molecule has 1 spiro atoms. The van der Waals surface area contributed by atoms with Crippen LogP contribution >= 0.6 is 0 Å². The van der Waals surface area contributed by atoms with Gasteiger partial charge < -0.3 is 14.8 Å². The first kappa shape index (κ1) is 13.5. The van der Waals surface area contributed by atoms with Gasteiger partial charge >= 0.3 is 0 Å². The molecule has 4 aliphatic rings. The van der Waals surface area contributed by atoms with Crippen LogP contribution in [-0.4, -0.2) is 80.2 Å². The van der Waals surface area contributed by atoms with Crippen LogP contribution in [0.3, 0.4) is 0 Å². The number of ether oxygens (including phenoxy) is 2. The van der Waals surface area contributed by atoms with Crippen molar-refractivity contribution >= 4 is 0 Å². The van der Waals surface area contributed by atoms with E-state index in [9.17, 15) is 0 Å². The molecule has 20 heavy (non-hydrogen) atoms. The maximum Gasteiger partial charge on any atom is 0.168 e. The summed E-state index contributed by atoms with van der Waals surface area (Å²) in [7, 11) is 0. The third-order valence-electron chi connectivity index (χ3n) is 5.42. The van der Waals surface area contributed by atoms with E-state index in [0.29, 0.717) is 6.10 Å².